The molecule has 1 aliphatic rings. The maximum Gasteiger partial charge on any atom is 0.173 e. The molecule has 0 radical (unpaired) electrons. The van der Waals surface area contributed by atoms with E-state index in [1.807, 2.05) is 20.8 Å². The molecule has 0 aromatic heterocycles. The predicted molar refractivity (Wildman–Crippen MR) is 67.2 cm³/mol. The lowest BCUT2D eigenvalue weighted by molar-refractivity contribution is -0.256. The van der Waals surface area contributed by atoms with Crippen molar-refractivity contribution in [3.05, 3.63) is 0 Å². The van der Waals surface area contributed by atoms with E-state index in [1.165, 1.54) is 0 Å². The van der Waals surface area contributed by atoms with Crippen molar-refractivity contribution >= 4 is 0 Å². The topological polar surface area (TPSA) is 111 Å². The Kier molecular flexibility index (Phi) is 6.13. The van der Waals surface area contributed by atoms with E-state index in [9.17, 15) is 15.3 Å². The molecule has 7 nitrogen and oxygen atoms in total. The van der Waals surface area contributed by atoms with E-state index < -0.39 is 37.3 Å². The van der Waals surface area contributed by atoms with E-state index in [0.717, 1.165) is 0 Å². The van der Waals surface area contributed by atoms with Crippen LogP contribution in [0.25, 0.3) is 0 Å². The van der Waals surface area contributed by atoms with E-state index in [1.54, 1.807) is 0 Å². The number of hydrogen-bond donors (Lipinski definition) is 5. The third-order valence-electron chi connectivity index (χ3n) is 2.86. The smallest absolute Gasteiger partial charge is 0.173 e. The molecule has 114 valence electrons. The van der Waals surface area contributed by atoms with Gasteiger partial charge in [0.1, 0.15) is 18.3 Å². The first-order chi connectivity index (χ1) is 8.76. The highest BCUT2D eigenvalue weighted by Gasteiger charge is 2.43. The Hall–Kier alpha value is -0.280. The fraction of sp³-hybridized carbons (Fsp3) is 1.00. The molecule has 0 aromatic rings. The summed E-state index contributed by atoms with van der Waals surface area (Å²) in [5.41, 5.74) is 0.0173. The molecule has 19 heavy (non-hydrogen) atoms. The molecule has 0 saturated carbocycles. The molecule has 0 spiro atoms. The van der Waals surface area contributed by atoms with Crippen LogP contribution >= 0.6 is 0 Å². The van der Waals surface area contributed by atoms with Crippen LogP contribution in [0.4, 0.5) is 0 Å². The van der Waals surface area contributed by atoms with Crippen molar-refractivity contribution in [3.63, 3.8) is 0 Å². The molecular weight excluding hydrogens is 254 g/mol. The van der Waals surface area contributed by atoms with Gasteiger partial charge >= 0.3 is 0 Å². The summed E-state index contributed by atoms with van der Waals surface area (Å²) in [5, 5.41) is 40.9. The summed E-state index contributed by atoms with van der Waals surface area (Å²) in [6, 6.07) is -0.863. The molecule has 0 bridgehead atoms. The average molecular weight is 279 g/mol. The summed E-state index contributed by atoms with van der Waals surface area (Å²) < 4.78 is 10.4. The summed E-state index contributed by atoms with van der Waals surface area (Å²) in [4.78, 5) is 0. The Bertz CT molecular complexity index is 269. The third kappa shape index (κ3) is 4.96. The summed E-state index contributed by atoms with van der Waals surface area (Å²) in [6.45, 7) is 6.24. The Morgan fingerprint density at radius 2 is 1.79 bits per heavy atom. The number of ether oxygens (including phenoxy) is 2. The minimum Gasteiger partial charge on any atom is -0.394 e. The molecule has 7 heteroatoms. The van der Waals surface area contributed by atoms with Crippen LogP contribution < -0.4 is 5.32 Å². The molecule has 2 unspecified atom stereocenters. The van der Waals surface area contributed by atoms with E-state index in [-0.39, 0.29) is 12.1 Å². The van der Waals surface area contributed by atoms with Gasteiger partial charge in [-0.15, -0.1) is 0 Å². The SMILES string of the molecule is CC(C)(C)COCN[C@H]1C(O)[C@H](O)C(CO)O[C@@H]1O. The average Bonchev–Trinajstić information content (AvgIpc) is 2.31. The zero-order chi connectivity index (χ0) is 14.6. The van der Waals surface area contributed by atoms with Crippen molar-refractivity contribution in [2.24, 2.45) is 5.41 Å². The first kappa shape index (κ1) is 16.8. The first-order valence-electron chi connectivity index (χ1n) is 6.38. The number of rotatable bonds is 5. The van der Waals surface area contributed by atoms with Gasteiger partial charge in [-0.3, -0.25) is 5.32 Å². The van der Waals surface area contributed by atoms with Crippen molar-refractivity contribution in [1.82, 2.24) is 5.32 Å². The van der Waals surface area contributed by atoms with Gasteiger partial charge in [0.15, 0.2) is 6.29 Å². The zero-order valence-corrected chi connectivity index (χ0v) is 11.6. The fourth-order valence-corrected chi connectivity index (χ4v) is 1.83. The Balaban J connectivity index is 2.40. The van der Waals surface area contributed by atoms with Gasteiger partial charge in [0.25, 0.3) is 0 Å². The summed E-state index contributed by atoms with van der Waals surface area (Å²) >= 11 is 0. The summed E-state index contributed by atoms with van der Waals surface area (Å²) in [6.07, 6.45) is -4.79. The molecule has 1 aliphatic heterocycles. The molecule has 5 N–H and O–H groups in total. The second-order valence-electron chi connectivity index (χ2n) is 6.01. The largest absolute Gasteiger partial charge is 0.394 e. The Labute approximate surface area is 113 Å². The lowest BCUT2D eigenvalue weighted by Gasteiger charge is -2.40. The quantitative estimate of drug-likeness (QED) is 0.304. The number of aliphatic hydroxyl groups excluding tert-OH is 4. The van der Waals surface area contributed by atoms with E-state index in [2.05, 4.69) is 5.32 Å². The van der Waals surface area contributed by atoms with Gasteiger partial charge < -0.3 is 29.9 Å². The molecule has 1 saturated heterocycles. The molecule has 1 fully saturated rings. The summed E-state index contributed by atoms with van der Waals surface area (Å²) in [5.74, 6) is 0. The van der Waals surface area contributed by atoms with Crippen molar-refractivity contribution in [2.75, 3.05) is 19.9 Å². The summed E-state index contributed by atoms with van der Waals surface area (Å²) in [7, 11) is 0. The van der Waals surface area contributed by atoms with Crippen LogP contribution in [0, 0.1) is 5.41 Å². The van der Waals surface area contributed by atoms with Crippen LogP contribution in [0.3, 0.4) is 0 Å². The van der Waals surface area contributed by atoms with Crippen LogP contribution in [0.1, 0.15) is 20.8 Å². The molecule has 0 aliphatic carbocycles. The maximum atomic E-state index is 9.85. The van der Waals surface area contributed by atoms with Crippen LogP contribution in [-0.4, -0.2) is 71.0 Å². The Morgan fingerprint density at radius 3 is 2.32 bits per heavy atom. The second-order valence-corrected chi connectivity index (χ2v) is 6.01. The van der Waals surface area contributed by atoms with Crippen LogP contribution in [-0.2, 0) is 9.47 Å². The van der Waals surface area contributed by atoms with Crippen molar-refractivity contribution in [3.8, 4) is 0 Å². The monoisotopic (exact) mass is 279 g/mol. The van der Waals surface area contributed by atoms with Gasteiger partial charge in [0.05, 0.1) is 26.0 Å². The molecule has 0 amide bonds. The number of nitrogens with one attached hydrogen (secondary N) is 1. The van der Waals surface area contributed by atoms with Crippen molar-refractivity contribution in [2.45, 2.75) is 51.4 Å². The fourth-order valence-electron chi connectivity index (χ4n) is 1.83. The van der Waals surface area contributed by atoms with Crippen molar-refractivity contribution in [1.29, 1.82) is 0 Å². The molecule has 1 heterocycles. The molecule has 0 aromatic carbocycles. The van der Waals surface area contributed by atoms with Gasteiger partial charge in [0, 0.05) is 0 Å². The van der Waals surface area contributed by atoms with E-state index in [4.69, 9.17) is 14.6 Å². The highest BCUT2D eigenvalue weighted by Crippen LogP contribution is 2.19. The van der Waals surface area contributed by atoms with E-state index in [0.29, 0.717) is 6.61 Å². The minimum atomic E-state index is -1.31. The first-order valence-corrected chi connectivity index (χ1v) is 6.38. The highest BCUT2D eigenvalue weighted by molar-refractivity contribution is 4.92. The maximum absolute atomic E-state index is 9.85. The van der Waals surface area contributed by atoms with Crippen molar-refractivity contribution < 1.29 is 29.9 Å². The van der Waals surface area contributed by atoms with Gasteiger partial charge in [-0.25, -0.2) is 0 Å². The normalized spacial score (nSPS) is 36.5. The van der Waals surface area contributed by atoms with Gasteiger partial charge in [-0.1, -0.05) is 20.8 Å². The minimum absolute atomic E-state index is 0.0173. The zero-order valence-electron chi connectivity index (χ0n) is 11.6. The molecular formula is C12H25NO6. The van der Waals surface area contributed by atoms with Gasteiger partial charge in [0.2, 0.25) is 0 Å². The Morgan fingerprint density at radius 1 is 1.16 bits per heavy atom. The highest BCUT2D eigenvalue weighted by atomic mass is 16.6. The predicted octanol–water partition coefficient (Wildman–Crippen LogP) is -1.60. The lowest BCUT2D eigenvalue weighted by atomic mass is 9.97. The number of aliphatic hydroxyl groups is 4. The van der Waals surface area contributed by atoms with Crippen LogP contribution in [0.2, 0.25) is 0 Å². The molecule has 1 rings (SSSR count). The van der Waals surface area contributed by atoms with Gasteiger partial charge in [-0.2, -0.15) is 0 Å². The second kappa shape index (κ2) is 6.94. The third-order valence-corrected chi connectivity index (χ3v) is 2.86. The lowest BCUT2D eigenvalue weighted by Crippen LogP contribution is -2.63. The van der Waals surface area contributed by atoms with Crippen LogP contribution in [0.5, 0.6) is 0 Å². The number of hydrogen-bond acceptors (Lipinski definition) is 7. The van der Waals surface area contributed by atoms with E-state index >= 15 is 0 Å². The van der Waals surface area contributed by atoms with Gasteiger partial charge in [-0.05, 0) is 5.41 Å². The molecule has 5 atom stereocenters. The standard InChI is InChI=1S/C12H25NO6/c1-12(2,3)5-18-6-13-8-10(16)9(15)7(4-14)19-11(8)17/h7-11,13-17H,4-6H2,1-3H3/t7?,8-,9+,10?,11-/m0/s1. The van der Waals surface area contributed by atoms with Crippen LogP contribution in [0.15, 0.2) is 0 Å².